The molecule has 0 saturated carbocycles. The topological polar surface area (TPSA) is 117 Å². The number of nitrogens with two attached hydrogens (primary N) is 2. The van der Waals surface area contributed by atoms with Crippen LogP contribution in [0.2, 0.25) is 0 Å². The summed E-state index contributed by atoms with van der Waals surface area (Å²) in [6, 6.07) is 8.01. The molecule has 134 valence electrons. The minimum absolute atomic E-state index is 0.220. The predicted octanol–water partition coefficient (Wildman–Crippen LogP) is 1.84. The van der Waals surface area contributed by atoms with Crippen molar-refractivity contribution in [3.8, 4) is 16.9 Å². The molecule has 0 atom stereocenters. The summed E-state index contributed by atoms with van der Waals surface area (Å²) >= 11 is 0. The van der Waals surface area contributed by atoms with Gasteiger partial charge in [0.15, 0.2) is 5.65 Å². The van der Waals surface area contributed by atoms with Crippen LogP contribution in [-0.4, -0.2) is 32.9 Å². The highest BCUT2D eigenvalue weighted by Gasteiger charge is 2.15. The van der Waals surface area contributed by atoms with E-state index in [9.17, 15) is 0 Å². The van der Waals surface area contributed by atoms with Gasteiger partial charge in [-0.15, -0.1) is 0 Å². The average molecular weight is 352 g/mol. The minimum atomic E-state index is 0.220. The first-order chi connectivity index (χ1) is 12.7. The molecule has 4 aromatic rings. The molecule has 5 N–H and O–H groups in total. The Kier molecular flexibility index (Phi) is 4.29. The Morgan fingerprint density at radius 1 is 1.19 bits per heavy atom. The fourth-order valence-electron chi connectivity index (χ4n) is 3.22. The molecule has 0 aliphatic heterocycles. The third-order valence-corrected chi connectivity index (χ3v) is 4.34. The fraction of sp³-hybridized carbons (Fsp3) is 0.222. The number of ether oxygens (including phenoxy) is 1. The van der Waals surface area contributed by atoms with Crippen molar-refractivity contribution in [2.75, 3.05) is 13.2 Å². The zero-order valence-electron chi connectivity index (χ0n) is 14.4. The van der Waals surface area contributed by atoms with E-state index in [1.54, 1.807) is 6.20 Å². The summed E-state index contributed by atoms with van der Waals surface area (Å²) in [4.78, 5) is 9.25. The third-order valence-electron chi connectivity index (χ3n) is 4.34. The van der Waals surface area contributed by atoms with Crippen LogP contribution >= 0.6 is 0 Å². The van der Waals surface area contributed by atoms with E-state index in [0.717, 1.165) is 38.9 Å². The fourth-order valence-corrected chi connectivity index (χ4v) is 3.22. The summed E-state index contributed by atoms with van der Waals surface area (Å²) in [6.07, 6.45) is 3.87. The highest BCUT2D eigenvalue weighted by Crippen LogP contribution is 2.36. The second-order valence-electron chi connectivity index (χ2n) is 6.07. The van der Waals surface area contributed by atoms with E-state index in [1.807, 2.05) is 31.3 Å². The zero-order valence-corrected chi connectivity index (χ0v) is 14.4. The largest absolute Gasteiger partial charge is 0.492 e. The molecule has 26 heavy (non-hydrogen) atoms. The van der Waals surface area contributed by atoms with Crippen LogP contribution in [0.1, 0.15) is 5.69 Å². The van der Waals surface area contributed by atoms with Crippen molar-refractivity contribution < 1.29 is 9.57 Å². The van der Waals surface area contributed by atoms with E-state index in [-0.39, 0.29) is 6.61 Å². The molecule has 0 spiro atoms. The maximum absolute atomic E-state index is 5.70. The van der Waals surface area contributed by atoms with Gasteiger partial charge in [-0.3, -0.25) is 9.94 Å². The molecule has 8 nitrogen and oxygen atoms in total. The Balaban J connectivity index is 1.93. The van der Waals surface area contributed by atoms with Gasteiger partial charge in [0.1, 0.15) is 19.0 Å². The van der Waals surface area contributed by atoms with Gasteiger partial charge >= 0.3 is 0 Å². The molecule has 0 bridgehead atoms. The Bertz CT molecular complexity index is 1070. The zero-order chi connectivity index (χ0) is 18.1. The number of aromatic amines is 1. The molecular formula is C18H20N6O2. The number of rotatable bonds is 6. The molecule has 0 saturated heterocycles. The van der Waals surface area contributed by atoms with Crippen LogP contribution in [0.4, 0.5) is 0 Å². The number of aryl methyl sites for hydroxylation is 1. The van der Waals surface area contributed by atoms with Crippen molar-refractivity contribution in [1.82, 2.24) is 19.7 Å². The smallest absolute Gasteiger partial charge is 0.156 e. The molecule has 0 aliphatic rings. The first-order valence-corrected chi connectivity index (χ1v) is 8.28. The van der Waals surface area contributed by atoms with Gasteiger partial charge in [0.05, 0.1) is 11.9 Å². The van der Waals surface area contributed by atoms with Gasteiger partial charge in [-0.25, -0.2) is 10.9 Å². The standard InChI is InChI=1S/C18H20N6O2/c1-24-9-16(14-7-12(25-5-4-19)2-3-17(14)24)13-6-11(10-26-20)22-18-15(13)8-21-23-18/h2-3,6-9H,4-5,10,19-20H2,1H3,(H,21,22,23). The second kappa shape index (κ2) is 6.75. The van der Waals surface area contributed by atoms with Gasteiger partial charge < -0.3 is 15.0 Å². The number of pyridine rings is 1. The van der Waals surface area contributed by atoms with Crippen LogP contribution in [0.15, 0.2) is 36.7 Å². The Labute approximate surface area is 149 Å². The van der Waals surface area contributed by atoms with Crippen LogP contribution in [-0.2, 0) is 18.5 Å². The van der Waals surface area contributed by atoms with E-state index in [4.69, 9.17) is 21.2 Å². The van der Waals surface area contributed by atoms with Crippen LogP contribution in [0.5, 0.6) is 5.75 Å². The quantitative estimate of drug-likeness (QED) is 0.456. The molecule has 0 aliphatic carbocycles. The molecule has 0 unspecified atom stereocenters. The number of hydrogen-bond donors (Lipinski definition) is 3. The minimum Gasteiger partial charge on any atom is -0.492 e. The molecule has 0 radical (unpaired) electrons. The molecule has 4 rings (SSSR count). The van der Waals surface area contributed by atoms with Gasteiger partial charge in [-0.2, -0.15) is 5.10 Å². The van der Waals surface area contributed by atoms with Crippen LogP contribution in [0, 0.1) is 0 Å². The van der Waals surface area contributed by atoms with Gasteiger partial charge in [0, 0.05) is 41.6 Å². The lowest BCUT2D eigenvalue weighted by Gasteiger charge is -2.07. The highest BCUT2D eigenvalue weighted by atomic mass is 16.6. The Morgan fingerprint density at radius 2 is 2.08 bits per heavy atom. The van der Waals surface area contributed by atoms with E-state index in [0.29, 0.717) is 18.8 Å². The normalized spacial score (nSPS) is 11.5. The van der Waals surface area contributed by atoms with Crippen molar-refractivity contribution in [3.05, 3.63) is 42.4 Å². The lowest BCUT2D eigenvalue weighted by atomic mass is 10.0. The van der Waals surface area contributed by atoms with Crippen LogP contribution < -0.4 is 16.4 Å². The third kappa shape index (κ3) is 2.80. The Hall–Kier alpha value is -2.94. The molecule has 8 heteroatoms. The highest BCUT2D eigenvalue weighted by molar-refractivity contribution is 6.04. The number of hydrogen-bond acceptors (Lipinski definition) is 6. The van der Waals surface area contributed by atoms with Crippen molar-refractivity contribution in [3.63, 3.8) is 0 Å². The first kappa shape index (κ1) is 16.5. The van der Waals surface area contributed by atoms with Crippen LogP contribution in [0.3, 0.4) is 0 Å². The number of nitrogens with one attached hydrogen (secondary N) is 1. The maximum atomic E-state index is 5.70. The molecule has 1 aromatic carbocycles. The molecule has 0 fully saturated rings. The first-order valence-electron chi connectivity index (χ1n) is 8.28. The van der Waals surface area contributed by atoms with E-state index >= 15 is 0 Å². The Morgan fingerprint density at radius 3 is 2.88 bits per heavy atom. The van der Waals surface area contributed by atoms with Crippen molar-refractivity contribution >= 4 is 21.9 Å². The van der Waals surface area contributed by atoms with Crippen LogP contribution in [0.25, 0.3) is 33.1 Å². The molecule has 3 heterocycles. The number of nitrogens with zero attached hydrogens (tertiary/aromatic N) is 3. The van der Waals surface area contributed by atoms with Gasteiger partial charge in [0.25, 0.3) is 0 Å². The second-order valence-corrected chi connectivity index (χ2v) is 6.07. The summed E-state index contributed by atoms with van der Waals surface area (Å²) < 4.78 is 7.78. The predicted molar refractivity (Wildman–Crippen MR) is 99.3 cm³/mol. The number of benzene rings is 1. The molecular weight excluding hydrogens is 332 g/mol. The molecule has 0 amide bonds. The summed E-state index contributed by atoms with van der Waals surface area (Å²) in [5.41, 5.74) is 10.1. The summed E-state index contributed by atoms with van der Waals surface area (Å²) in [6.45, 7) is 1.17. The number of H-pyrrole nitrogens is 1. The summed E-state index contributed by atoms with van der Waals surface area (Å²) in [5.74, 6) is 6.02. The number of aromatic nitrogens is 4. The SMILES string of the molecule is Cn1cc(-c2cc(CON)nc3[nH]ncc23)c2cc(OCCN)ccc21. The van der Waals surface area contributed by atoms with E-state index in [2.05, 4.69) is 25.9 Å². The molecule has 3 aromatic heterocycles. The van der Waals surface area contributed by atoms with Crippen molar-refractivity contribution in [2.45, 2.75) is 6.61 Å². The average Bonchev–Trinajstić information content (AvgIpc) is 3.24. The van der Waals surface area contributed by atoms with Crippen molar-refractivity contribution in [2.24, 2.45) is 18.7 Å². The maximum Gasteiger partial charge on any atom is 0.156 e. The van der Waals surface area contributed by atoms with Gasteiger partial charge in [-0.05, 0) is 29.8 Å². The van der Waals surface area contributed by atoms with E-state index < -0.39 is 0 Å². The lowest BCUT2D eigenvalue weighted by molar-refractivity contribution is 0.121. The van der Waals surface area contributed by atoms with Gasteiger partial charge in [-0.1, -0.05) is 0 Å². The number of fused-ring (bicyclic) bond motifs is 2. The van der Waals surface area contributed by atoms with E-state index in [1.165, 1.54) is 0 Å². The van der Waals surface area contributed by atoms with Crippen molar-refractivity contribution in [1.29, 1.82) is 0 Å². The summed E-state index contributed by atoms with van der Waals surface area (Å²) in [7, 11) is 2.02. The lowest BCUT2D eigenvalue weighted by Crippen LogP contribution is -2.10. The summed E-state index contributed by atoms with van der Waals surface area (Å²) in [5, 5.41) is 9.06. The van der Waals surface area contributed by atoms with Gasteiger partial charge in [0.2, 0.25) is 0 Å². The monoisotopic (exact) mass is 352 g/mol.